The van der Waals surface area contributed by atoms with Gasteiger partial charge in [0.15, 0.2) is 23.7 Å². The van der Waals surface area contributed by atoms with E-state index in [4.69, 9.17) is 18.9 Å². The number of carbonyl (C=O) groups is 3. The first-order valence-corrected chi connectivity index (χ1v) is 11.0. The van der Waals surface area contributed by atoms with Gasteiger partial charge < -0.3 is 18.9 Å². The SMILES string of the molecule is CC(=O)O[C@@H]1[C@@H](OC(C)=O)[C@H](OC(C)=O)CS[C@H]1Oc1cncc(-c2cccnc2C)c1. The fraction of sp³-hybridized carbons (Fsp3) is 0.409. The van der Waals surface area contributed by atoms with E-state index >= 15 is 0 Å². The van der Waals surface area contributed by atoms with Crippen molar-refractivity contribution in [3.63, 3.8) is 0 Å². The molecule has 2 aromatic rings. The van der Waals surface area contributed by atoms with Crippen LogP contribution in [-0.4, -0.2) is 57.4 Å². The highest BCUT2D eigenvalue weighted by Crippen LogP contribution is 2.35. The molecule has 9 nitrogen and oxygen atoms in total. The standard InChI is InChI=1S/C22H24N2O7S/c1-12-18(6-5-7-24-12)16-8-17(10-23-9-16)31-22-21(30-15(4)27)20(29-14(3)26)19(11-32-22)28-13(2)25/h5-10,19-22H,11H2,1-4H3/t19-,20+,21-,22-/m1/s1. The first kappa shape index (κ1) is 23.5. The number of aromatic nitrogens is 2. The molecule has 0 amide bonds. The van der Waals surface area contributed by atoms with E-state index in [1.54, 1.807) is 24.7 Å². The Hall–Kier alpha value is -3.14. The maximum atomic E-state index is 11.8. The summed E-state index contributed by atoms with van der Waals surface area (Å²) < 4.78 is 22.2. The molecule has 2 aromatic heterocycles. The number of pyridine rings is 2. The van der Waals surface area contributed by atoms with Gasteiger partial charge in [-0.15, -0.1) is 11.8 Å². The van der Waals surface area contributed by atoms with Gasteiger partial charge in [0.1, 0.15) is 5.75 Å². The van der Waals surface area contributed by atoms with Crippen molar-refractivity contribution in [3.05, 3.63) is 42.5 Å². The minimum atomic E-state index is -1.01. The van der Waals surface area contributed by atoms with Crippen molar-refractivity contribution in [2.75, 3.05) is 5.75 Å². The van der Waals surface area contributed by atoms with E-state index in [-0.39, 0.29) is 5.75 Å². The van der Waals surface area contributed by atoms with Gasteiger partial charge in [-0.25, -0.2) is 0 Å². The van der Waals surface area contributed by atoms with Crippen molar-refractivity contribution in [1.82, 2.24) is 9.97 Å². The van der Waals surface area contributed by atoms with Crippen molar-refractivity contribution in [3.8, 4) is 16.9 Å². The van der Waals surface area contributed by atoms with Crippen LogP contribution in [0.5, 0.6) is 5.75 Å². The molecule has 10 heteroatoms. The summed E-state index contributed by atoms with van der Waals surface area (Å²) in [6, 6.07) is 5.57. The minimum absolute atomic E-state index is 0.286. The molecule has 3 rings (SSSR count). The molecule has 3 heterocycles. The van der Waals surface area contributed by atoms with E-state index in [0.717, 1.165) is 16.8 Å². The van der Waals surface area contributed by atoms with Crippen LogP contribution in [0.1, 0.15) is 26.5 Å². The van der Waals surface area contributed by atoms with Gasteiger partial charge in [-0.3, -0.25) is 24.4 Å². The van der Waals surface area contributed by atoms with Crippen molar-refractivity contribution in [2.24, 2.45) is 0 Å². The third kappa shape index (κ3) is 5.97. The molecule has 0 bridgehead atoms. The largest absolute Gasteiger partial charge is 0.474 e. The van der Waals surface area contributed by atoms with Gasteiger partial charge in [0.2, 0.25) is 0 Å². The Balaban J connectivity index is 1.88. The average molecular weight is 461 g/mol. The highest BCUT2D eigenvalue weighted by molar-refractivity contribution is 7.99. The van der Waals surface area contributed by atoms with Crippen molar-refractivity contribution < 1.29 is 33.3 Å². The summed E-state index contributed by atoms with van der Waals surface area (Å²) in [4.78, 5) is 43.6. The lowest BCUT2D eigenvalue weighted by atomic mass is 10.1. The highest BCUT2D eigenvalue weighted by Gasteiger charge is 2.47. The number of carbonyl (C=O) groups excluding carboxylic acids is 3. The number of nitrogens with zero attached hydrogens (tertiary/aromatic N) is 2. The summed E-state index contributed by atoms with van der Waals surface area (Å²) in [5.74, 6) is -0.979. The smallest absolute Gasteiger partial charge is 0.303 e. The highest BCUT2D eigenvalue weighted by atomic mass is 32.2. The van der Waals surface area contributed by atoms with E-state index in [1.807, 2.05) is 19.1 Å². The molecule has 0 spiro atoms. The molecule has 0 aliphatic carbocycles. The van der Waals surface area contributed by atoms with Gasteiger partial charge >= 0.3 is 17.9 Å². The van der Waals surface area contributed by atoms with E-state index in [9.17, 15) is 14.4 Å². The quantitative estimate of drug-likeness (QED) is 0.471. The molecule has 1 fully saturated rings. The average Bonchev–Trinajstić information content (AvgIpc) is 2.72. The van der Waals surface area contributed by atoms with Crippen LogP contribution < -0.4 is 4.74 Å². The number of rotatable bonds is 6. The Bertz CT molecular complexity index is 1000. The Morgan fingerprint density at radius 1 is 1.00 bits per heavy atom. The van der Waals surface area contributed by atoms with Crippen LogP contribution in [0.3, 0.4) is 0 Å². The second-order valence-electron chi connectivity index (χ2n) is 7.16. The van der Waals surface area contributed by atoms with Crippen LogP contribution in [0.4, 0.5) is 0 Å². The Morgan fingerprint density at radius 2 is 1.69 bits per heavy atom. The number of hydrogen-bond acceptors (Lipinski definition) is 10. The zero-order valence-electron chi connectivity index (χ0n) is 18.1. The molecule has 1 aliphatic rings. The zero-order valence-corrected chi connectivity index (χ0v) is 19.0. The van der Waals surface area contributed by atoms with Crippen molar-refractivity contribution in [1.29, 1.82) is 0 Å². The van der Waals surface area contributed by atoms with E-state index in [0.29, 0.717) is 5.75 Å². The number of esters is 3. The summed E-state index contributed by atoms with van der Waals surface area (Å²) >= 11 is 1.29. The number of hydrogen-bond donors (Lipinski definition) is 0. The monoisotopic (exact) mass is 460 g/mol. The topological polar surface area (TPSA) is 114 Å². The van der Waals surface area contributed by atoms with Crippen LogP contribution in [0.25, 0.3) is 11.1 Å². The minimum Gasteiger partial charge on any atom is -0.474 e. The molecule has 0 saturated carbocycles. The second-order valence-corrected chi connectivity index (χ2v) is 8.29. The lowest BCUT2D eigenvalue weighted by molar-refractivity contribution is -0.186. The lowest BCUT2D eigenvalue weighted by Crippen LogP contribution is -2.55. The van der Waals surface area contributed by atoms with Gasteiger partial charge in [0, 0.05) is 55.7 Å². The molecule has 1 aliphatic heterocycles. The van der Waals surface area contributed by atoms with Crippen LogP contribution in [0.2, 0.25) is 0 Å². The molecular weight excluding hydrogens is 436 g/mol. The van der Waals surface area contributed by atoms with Gasteiger partial charge in [-0.2, -0.15) is 0 Å². The third-order valence-electron chi connectivity index (χ3n) is 4.59. The fourth-order valence-corrected chi connectivity index (χ4v) is 4.58. The van der Waals surface area contributed by atoms with Crippen LogP contribution in [-0.2, 0) is 28.6 Å². The van der Waals surface area contributed by atoms with Crippen LogP contribution in [0.15, 0.2) is 36.8 Å². The predicted molar refractivity (Wildman–Crippen MR) is 116 cm³/mol. The molecule has 0 aromatic carbocycles. The number of thioether (sulfide) groups is 1. The normalized spacial score (nSPS) is 22.5. The fourth-order valence-electron chi connectivity index (χ4n) is 3.36. The maximum absolute atomic E-state index is 11.8. The van der Waals surface area contributed by atoms with Crippen molar-refractivity contribution >= 4 is 29.7 Å². The molecule has 32 heavy (non-hydrogen) atoms. The summed E-state index contributed by atoms with van der Waals surface area (Å²) in [6.45, 7) is 5.64. The Labute approximate surface area is 189 Å². The molecule has 1 saturated heterocycles. The lowest BCUT2D eigenvalue weighted by Gasteiger charge is -2.39. The summed E-state index contributed by atoms with van der Waals surface area (Å²) in [6.07, 6.45) is 2.16. The molecular formula is C22H24N2O7S. The first-order valence-electron chi connectivity index (χ1n) is 9.91. The molecule has 0 N–H and O–H groups in total. The third-order valence-corrected chi connectivity index (χ3v) is 5.80. The van der Waals surface area contributed by atoms with E-state index in [1.165, 1.54) is 32.5 Å². The van der Waals surface area contributed by atoms with E-state index < -0.39 is 41.7 Å². The van der Waals surface area contributed by atoms with Gasteiger partial charge in [0.25, 0.3) is 0 Å². The van der Waals surface area contributed by atoms with Gasteiger partial charge in [0.05, 0.1) is 6.20 Å². The number of aryl methyl sites for hydroxylation is 1. The Morgan fingerprint density at radius 3 is 2.34 bits per heavy atom. The van der Waals surface area contributed by atoms with Gasteiger partial charge in [-0.1, -0.05) is 6.07 Å². The summed E-state index contributed by atoms with van der Waals surface area (Å²) in [5, 5.41) is 0. The van der Waals surface area contributed by atoms with Crippen LogP contribution in [0, 0.1) is 6.92 Å². The van der Waals surface area contributed by atoms with Gasteiger partial charge in [-0.05, 0) is 19.1 Å². The molecule has 0 radical (unpaired) electrons. The predicted octanol–water partition coefficient (Wildman–Crippen LogP) is 2.70. The molecule has 4 atom stereocenters. The van der Waals surface area contributed by atoms with Crippen molar-refractivity contribution in [2.45, 2.75) is 51.4 Å². The maximum Gasteiger partial charge on any atom is 0.303 e. The Kier molecular flexibility index (Phi) is 7.68. The number of ether oxygens (including phenoxy) is 4. The summed E-state index contributed by atoms with van der Waals surface area (Å²) in [7, 11) is 0. The van der Waals surface area contributed by atoms with E-state index in [2.05, 4.69) is 9.97 Å². The van der Waals surface area contributed by atoms with Crippen LogP contribution >= 0.6 is 11.8 Å². The molecule has 0 unspecified atom stereocenters. The molecule has 170 valence electrons. The second kappa shape index (κ2) is 10.4. The summed E-state index contributed by atoms with van der Waals surface area (Å²) in [5.41, 5.74) is 1.84. The zero-order chi connectivity index (χ0) is 23.3. The first-order chi connectivity index (χ1) is 15.2.